The minimum absolute atomic E-state index is 0.262. The van der Waals surface area contributed by atoms with E-state index in [0.717, 1.165) is 5.56 Å². The second-order valence-electron chi connectivity index (χ2n) is 4.53. The molecule has 1 aromatic carbocycles. The highest BCUT2D eigenvalue weighted by Gasteiger charge is 2.33. The lowest BCUT2D eigenvalue weighted by atomic mass is 10.1. The number of urea groups is 1. The van der Waals surface area contributed by atoms with Crippen molar-refractivity contribution in [3.63, 3.8) is 0 Å². The standard InChI is InChI=1S/C13H18N2O/c1-10(12-7-8-12)15(13(14)16)9-11-5-3-2-4-6-11/h2-6,10,12H,7-9H2,1H3,(H2,14,16)/t10-/m1/s1. The van der Waals surface area contributed by atoms with Gasteiger partial charge in [-0.25, -0.2) is 4.79 Å². The molecular weight excluding hydrogens is 200 g/mol. The molecule has 3 nitrogen and oxygen atoms in total. The third-order valence-electron chi connectivity index (χ3n) is 3.27. The molecule has 1 fully saturated rings. The first-order valence-corrected chi connectivity index (χ1v) is 5.78. The molecule has 0 bridgehead atoms. The van der Waals surface area contributed by atoms with E-state index in [9.17, 15) is 4.79 Å². The zero-order chi connectivity index (χ0) is 11.5. The van der Waals surface area contributed by atoms with Gasteiger partial charge in [0, 0.05) is 12.6 Å². The summed E-state index contributed by atoms with van der Waals surface area (Å²) in [5.41, 5.74) is 6.57. The van der Waals surface area contributed by atoms with E-state index in [4.69, 9.17) is 5.73 Å². The fraction of sp³-hybridized carbons (Fsp3) is 0.462. The van der Waals surface area contributed by atoms with Crippen molar-refractivity contribution in [2.24, 2.45) is 11.7 Å². The van der Waals surface area contributed by atoms with Crippen LogP contribution in [0.1, 0.15) is 25.3 Å². The van der Waals surface area contributed by atoms with Crippen molar-refractivity contribution in [1.29, 1.82) is 0 Å². The summed E-state index contributed by atoms with van der Waals surface area (Å²) in [5, 5.41) is 0. The second-order valence-corrected chi connectivity index (χ2v) is 4.53. The van der Waals surface area contributed by atoms with E-state index in [1.807, 2.05) is 30.3 Å². The SMILES string of the molecule is C[C@H](C1CC1)N(Cc1ccccc1)C(N)=O. The van der Waals surface area contributed by atoms with Gasteiger partial charge in [0.15, 0.2) is 0 Å². The first-order chi connectivity index (χ1) is 7.68. The molecule has 0 heterocycles. The summed E-state index contributed by atoms with van der Waals surface area (Å²) in [6.07, 6.45) is 2.44. The molecule has 1 atom stereocenters. The Bertz CT molecular complexity index is 359. The van der Waals surface area contributed by atoms with Gasteiger partial charge in [-0.15, -0.1) is 0 Å². The quantitative estimate of drug-likeness (QED) is 0.828. The van der Waals surface area contributed by atoms with Gasteiger partial charge in [-0.05, 0) is 31.2 Å². The van der Waals surface area contributed by atoms with Crippen molar-refractivity contribution in [2.45, 2.75) is 32.4 Å². The third kappa shape index (κ3) is 2.54. The van der Waals surface area contributed by atoms with Crippen LogP contribution < -0.4 is 5.73 Å². The highest BCUT2D eigenvalue weighted by atomic mass is 16.2. The molecule has 1 aliphatic rings. The van der Waals surface area contributed by atoms with Gasteiger partial charge in [0.2, 0.25) is 0 Å². The Kier molecular flexibility index (Phi) is 3.13. The number of carbonyl (C=O) groups is 1. The predicted molar refractivity (Wildman–Crippen MR) is 63.8 cm³/mol. The van der Waals surface area contributed by atoms with Gasteiger partial charge >= 0.3 is 6.03 Å². The molecular formula is C13H18N2O. The van der Waals surface area contributed by atoms with Crippen LogP contribution in [0.4, 0.5) is 4.79 Å². The molecule has 2 rings (SSSR count). The molecule has 0 saturated heterocycles. The topological polar surface area (TPSA) is 46.3 Å². The van der Waals surface area contributed by atoms with Crippen LogP contribution in [0.5, 0.6) is 0 Å². The monoisotopic (exact) mass is 218 g/mol. The highest BCUT2D eigenvalue weighted by Crippen LogP contribution is 2.35. The average molecular weight is 218 g/mol. The molecule has 0 aliphatic heterocycles. The summed E-state index contributed by atoms with van der Waals surface area (Å²) in [4.78, 5) is 13.2. The number of nitrogens with zero attached hydrogens (tertiary/aromatic N) is 1. The molecule has 0 aromatic heterocycles. The van der Waals surface area contributed by atoms with Gasteiger partial charge in [-0.2, -0.15) is 0 Å². The van der Waals surface area contributed by atoms with E-state index in [-0.39, 0.29) is 12.1 Å². The lowest BCUT2D eigenvalue weighted by molar-refractivity contribution is 0.176. The summed E-state index contributed by atoms with van der Waals surface area (Å²) in [6.45, 7) is 2.71. The van der Waals surface area contributed by atoms with Crippen molar-refractivity contribution < 1.29 is 4.79 Å². The number of hydrogen-bond acceptors (Lipinski definition) is 1. The summed E-state index contributed by atoms with van der Waals surface area (Å²) in [7, 11) is 0. The molecule has 0 radical (unpaired) electrons. The number of benzene rings is 1. The van der Waals surface area contributed by atoms with E-state index >= 15 is 0 Å². The average Bonchev–Trinajstić information content (AvgIpc) is 3.10. The summed E-state index contributed by atoms with van der Waals surface area (Å²) in [6, 6.07) is 9.93. The zero-order valence-electron chi connectivity index (χ0n) is 9.60. The number of rotatable bonds is 4. The smallest absolute Gasteiger partial charge is 0.315 e. The van der Waals surface area contributed by atoms with Gasteiger partial charge in [0.25, 0.3) is 0 Å². The largest absolute Gasteiger partial charge is 0.351 e. The van der Waals surface area contributed by atoms with Crippen molar-refractivity contribution in [3.05, 3.63) is 35.9 Å². The normalized spacial score (nSPS) is 16.8. The molecule has 3 heteroatoms. The van der Waals surface area contributed by atoms with Crippen LogP contribution >= 0.6 is 0 Å². The second kappa shape index (κ2) is 4.56. The number of hydrogen-bond donors (Lipinski definition) is 1. The van der Waals surface area contributed by atoms with Crippen molar-refractivity contribution in [1.82, 2.24) is 4.90 Å². The number of nitrogens with two attached hydrogens (primary N) is 1. The fourth-order valence-electron chi connectivity index (χ4n) is 2.04. The Morgan fingerprint density at radius 1 is 1.44 bits per heavy atom. The molecule has 1 saturated carbocycles. The molecule has 1 aromatic rings. The molecule has 1 aliphatic carbocycles. The summed E-state index contributed by atoms with van der Waals surface area (Å²) >= 11 is 0. The van der Waals surface area contributed by atoms with Crippen molar-refractivity contribution in [2.75, 3.05) is 0 Å². The lowest BCUT2D eigenvalue weighted by Crippen LogP contribution is -2.42. The van der Waals surface area contributed by atoms with Crippen LogP contribution in [0.15, 0.2) is 30.3 Å². The van der Waals surface area contributed by atoms with E-state index in [0.29, 0.717) is 12.5 Å². The third-order valence-corrected chi connectivity index (χ3v) is 3.27. The fourth-order valence-corrected chi connectivity index (χ4v) is 2.04. The van der Waals surface area contributed by atoms with Gasteiger partial charge in [-0.1, -0.05) is 30.3 Å². The van der Waals surface area contributed by atoms with Crippen molar-refractivity contribution >= 4 is 6.03 Å². The van der Waals surface area contributed by atoms with Crippen LogP contribution in [0.2, 0.25) is 0 Å². The maximum absolute atomic E-state index is 11.4. The maximum Gasteiger partial charge on any atom is 0.315 e. The van der Waals surface area contributed by atoms with Gasteiger partial charge in [-0.3, -0.25) is 0 Å². The Balaban J connectivity index is 2.05. The summed E-state index contributed by atoms with van der Waals surface area (Å²) < 4.78 is 0. The molecule has 0 spiro atoms. The number of carbonyl (C=O) groups excluding carboxylic acids is 1. The zero-order valence-corrected chi connectivity index (χ0v) is 9.60. The molecule has 2 amide bonds. The Morgan fingerprint density at radius 2 is 2.06 bits per heavy atom. The first-order valence-electron chi connectivity index (χ1n) is 5.78. The molecule has 0 unspecified atom stereocenters. The minimum atomic E-state index is -0.316. The van der Waals surface area contributed by atoms with Crippen LogP contribution in [-0.4, -0.2) is 17.0 Å². The highest BCUT2D eigenvalue weighted by molar-refractivity contribution is 5.72. The maximum atomic E-state index is 11.4. The van der Waals surface area contributed by atoms with Gasteiger partial charge in [0.05, 0.1) is 0 Å². The predicted octanol–water partition coefficient (Wildman–Crippen LogP) is 2.37. The van der Waals surface area contributed by atoms with E-state index in [1.165, 1.54) is 12.8 Å². The molecule has 86 valence electrons. The number of primary amides is 1. The van der Waals surface area contributed by atoms with E-state index in [1.54, 1.807) is 4.90 Å². The minimum Gasteiger partial charge on any atom is -0.351 e. The van der Waals surface area contributed by atoms with Crippen molar-refractivity contribution in [3.8, 4) is 0 Å². The van der Waals surface area contributed by atoms with E-state index in [2.05, 4.69) is 6.92 Å². The number of amides is 2. The molecule has 2 N–H and O–H groups in total. The van der Waals surface area contributed by atoms with E-state index < -0.39 is 0 Å². The van der Waals surface area contributed by atoms with Crippen LogP contribution in [-0.2, 0) is 6.54 Å². The molecule has 16 heavy (non-hydrogen) atoms. The Morgan fingerprint density at radius 3 is 2.56 bits per heavy atom. The van der Waals surface area contributed by atoms with Crippen LogP contribution in [0.25, 0.3) is 0 Å². The Labute approximate surface area is 96.2 Å². The van der Waals surface area contributed by atoms with Gasteiger partial charge in [0.1, 0.15) is 0 Å². The Hall–Kier alpha value is -1.51. The van der Waals surface area contributed by atoms with Gasteiger partial charge < -0.3 is 10.6 Å². The lowest BCUT2D eigenvalue weighted by Gasteiger charge is -2.27. The first kappa shape index (κ1) is 11.0. The van der Waals surface area contributed by atoms with Crippen LogP contribution in [0.3, 0.4) is 0 Å². The van der Waals surface area contributed by atoms with Crippen LogP contribution in [0, 0.1) is 5.92 Å². The summed E-state index contributed by atoms with van der Waals surface area (Å²) in [5.74, 6) is 0.649.